The highest BCUT2D eigenvalue weighted by atomic mass is 35.5. The lowest BCUT2D eigenvalue weighted by molar-refractivity contribution is 0.0977. The highest BCUT2D eigenvalue weighted by Crippen LogP contribution is 2.44. The van der Waals surface area contributed by atoms with E-state index in [1.807, 2.05) is 36.4 Å². The van der Waals surface area contributed by atoms with E-state index in [0.29, 0.717) is 30.3 Å². The lowest BCUT2D eigenvalue weighted by Crippen LogP contribution is -2.22. The number of nitrogens with zero attached hydrogens (tertiary/aromatic N) is 5. The van der Waals surface area contributed by atoms with Gasteiger partial charge in [0.25, 0.3) is 0 Å². The van der Waals surface area contributed by atoms with Crippen molar-refractivity contribution in [1.82, 2.24) is 4.98 Å². The number of aromatic hydroxyl groups is 1. The van der Waals surface area contributed by atoms with Crippen molar-refractivity contribution < 1.29 is 14.7 Å². The second-order valence-corrected chi connectivity index (χ2v) is 10.8. The van der Waals surface area contributed by atoms with Gasteiger partial charge in [0.1, 0.15) is 22.9 Å². The van der Waals surface area contributed by atoms with Crippen LogP contribution in [0.15, 0.2) is 64.8 Å². The molecule has 0 saturated heterocycles. The summed E-state index contributed by atoms with van der Waals surface area (Å²) in [6.45, 7) is 12.8. The Balaban J connectivity index is 1.60. The summed E-state index contributed by atoms with van der Waals surface area (Å²) in [6.07, 6.45) is 2.52. The monoisotopic (exact) mass is 617 g/mol. The first-order valence-electron chi connectivity index (χ1n) is 14.3. The number of pyridine rings is 1. The number of hydrogen-bond donors (Lipinski definition) is 3. The number of carbonyl (C=O) groups is 2. The predicted octanol–water partition coefficient (Wildman–Crippen LogP) is 8.23. The van der Waals surface area contributed by atoms with Crippen LogP contribution in [0.4, 0.5) is 28.7 Å². The van der Waals surface area contributed by atoms with Gasteiger partial charge in [-0.05, 0) is 43.0 Å². The number of halogens is 1. The average Bonchev–Trinajstić information content (AvgIpc) is 3.04. The molecule has 1 aromatic heterocycles. The van der Waals surface area contributed by atoms with E-state index in [-0.39, 0.29) is 55.7 Å². The molecule has 45 heavy (non-hydrogen) atoms. The van der Waals surface area contributed by atoms with E-state index in [2.05, 4.69) is 32.6 Å². The van der Waals surface area contributed by atoms with Gasteiger partial charge >= 0.3 is 0 Å². The summed E-state index contributed by atoms with van der Waals surface area (Å²) in [7, 11) is 0. The Kier molecular flexibility index (Phi) is 9.17. The lowest BCUT2D eigenvalue weighted by Gasteiger charge is -2.21. The van der Waals surface area contributed by atoms with Gasteiger partial charge in [0, 0.05) is 18.7 Å². The van der Waals surface area contributed by atoms with Crippen LogP contribution in [0.2, 0.25) is 5.02 Å². The first-order valence-corrected chi connectivity index (χ1v) is 14.7. The minimum absolute atomic E-state index is 0.0197. The Bertz CT molecular complexity index is 1940. The summed E-state index contributed by atoms with van der Waals surface area (Å²) in [5, 5.41) is 35.5. The van der Waals surface area contributed by atoms with Crippen LogP contribution in [0.3, 0.4) is 0 Å². The summed E-state index contributed by atoms with van der Waals surface area (Å²) in [5.74, 6) is -0.915. The van der Waals surface area contributed by atoms with Crippen LogP contribution in [0.5, 0.6) is 5.75 Å². The number of anilines is 2. The van der Waals surface area contributed by atoms with Gasteiger partial charge in [-0.3, -0.25) is 9.59 Å². The summed E-state index contributed by atoms with van der Waals surface area (Å²) in [4.78, 5) is 35.6. The molecule has 1 aliphatic carbocycles. The Morgan fingerprint density at radius 1 is 0.978 bits per heavy atom. The molecule has 11 heteroatoms. The standard InChI is InChI=1S/C34H28ClN7O3/c1-4-5-15-38-34-29(19(2)28(37-3)33(40-34)39-16-14-20-10-7-6-8-11-20)41-42-30-23(35)17-21(18-36)25-27(30)32(45)26-22(31(25)44)12-9-13-24(26)43/h6-13,17,43H,4-5,14-16H2,1-2H3,(H2,38,39,40). The molecule has 0 unspecified atom stereocenters. The fourth-order valence-corrected chi connectivity index (χ4v) is 5.40. The molecule has 10 nitrogen and oxygen atoms in total. The van der Waals surface area contributed by atoms with E-state index in [0.717, 1.165) is 24.8 Å². The van der Waals surface area contributed by atoms with E-state index in [1.54, 1.807) is 6.92 Å². The largest absolute Gasteiger partial charge is 0.507 e. The number of fused-ring (bicyclic) bond motifs is 2. The summed E-state index contributed by atoms with van der Waals surface area (Å²) < 4.78 is 0. The second kappa shape index (κ2) is 13.4. The van der Waals surface area contributed by atoms with E-state index in [9.17, 15) is 20.0 Å². The molecule has 0 radical (unpaired) electrons. The molecule has 1 heterocycles. The van der Waals surface area contributed by atoms with Crippen molar-refractivity contribution in [2.45, 2.75) is 33.1 Å². The molecule has 0 amide bonds. The predicted molar refractivity (Wildman–Crippen MR) is 173 cm³/mol. The molecule has 3 N–H and O–H groups in total. The molecule has 3 aromatic carbocycles. The number of rotatable bonds is 10. The molecule has 0 bridgehead atoms. The SMILES string of the molecule is [C-]#[N+]c1c(NCCc2ccccc2)nc(NCCCC)c(N=Nc2c(Cl)cc(C#N)c3c2C(=O)c2c(O)cccc2C3=O)c1C. The quantitative estimate of drug-likeness (QED) is 0.0813. The Hall–Kier alpha value is -5.58. The maximum absolute atomic E-state index is 13.7. The van der Waals surface area contributed by atoms with Crippen molar-refractivity contribution in [2.24, 2.45) is 10.2 Å². The molecule has 224 valence electrons. The highest BCUT2D eigenvalue weighted by molar-refractivity contribution is 6.37. The van der Waals surface area contributed by atoms with Gasteiger partial charge in [0.2, 0.25) is 11.5 Å². The minimum Gasteiger partial charge on any atom is -0.507 e. The van der Waals surface area contributed by atoms with E-state index >= 15 is 0 Å². The zero-order chi connectivity index (χ0) is 32.1. The maximum Gasteiger partial charge on any atom is 0.233 e. The summed E-state index contributed by atoms with van der Waals surface area (Å²) in [6, 6.07) is 17.3. The van der Waals surface area contributed by atoms with E-state index in [4.69, 9.17) is 23.2 Å². The number of nitrogens with one attached hydrogen (secondary N) is 2. The molecule has 0 fully saturated rings. The number of phenols is 1. The van der Waals surface area contributed by atoms with Crippen LogP contribution in [0.1, 0.15) is 68.3 Å². The number of azo groups is 1. The number of unbranched alkanes of at least 4 members (excludes halogenated alkanes) is 1. The smallest absolute Gasteiger partial charge is 0.233 e. The van der Waals surface area contributed by atoms with Crippen LogP contribution < -0.4 is 10.6 Å². The van der Waals surface area contributed by atoms with Crippen molar-refractivity contribution in [3.8, 4) is 11.8 Å². The lowest BCUT2D eigenvalue weighted by atomic mass is 9.80. The van der Waals surface area contributed by atoms with Gasteiger partial charge in [-0.15, -0.1) is 10.2 Å². The van der Waals surface area contributed by atoms with Crippen molar-refractivity contribution in [3.63, 3.8) is 0 Å². The van der Waals surface area contributed by atoms with Gasteiger partial charge in [-0.25, -0.2) is 9.83 Å². The molecular formula is C34H28ClN7O3. The number of hydrogen-bond acceptors (Lipinski definition) is 9. The second-order valence-electron chi connectivity index (χ2n) is 10.4. The normalized spacial score (nSPS) is 11.9. The first kappa shape index (κ1) is 30.9. The first-order chi connectivity index (χ1) is 21.8. The highest BCUT2D eigenvalue weighted by Gasteiger charge is 2.37. The van der Waals surface area contributed by atoms with Crippen LogP contribution in [-0.4, -0.2) is 34.7 Å². The van der Waals surface area contributed by atoms with Gasteiger partial charge in [-0.2, -0.15) is 5.26 Å². The molecule has 0 saturated carbocycles. The maximum atomic E-state index is 13.7. The average molecular weight is 618 g/mol. The minimum atomic E-state index is -0.707. The molecule has 0 atom stereocenters. The summed E-state index contributed by atoms with van der Waals surface area (Å²) in [5.41, 5.74) is 1.33. The van der Waals surface area contributed by atoms with Crippen molar-refractivity contribution in [2.75, 3.05) is 23.7 Å². The van der Waals surface area contributed by atoms with Crippen LogP contribution >= 0.6 is 11.6 Å². The van der Waals surface area contributed by atoms with Crippen molar-refractivity contribution >= 4 is 51.9 Å². The van der Waals surface area contributed by atoms with Gasteiger partial charge in [-0.1, -0.05) is 67.4 Å². The molecule has 5 rings (SSSR count). The topological polar surface area (TPSA) is 144 Å². The Morgan fingerprint density at radius 2 is 1.71 bits per heavy atom. The van der Waals surface area contributed by atoms with Crippen LogP contribution in [0.25, 0.3) is 4.85 Å². The third-order valence-corrected chi connectivity index (χ3v) is 7.75. The molecule has 0 aliphatic heterocycles. The number of carbonyl (C=O) groups excluding carboxylic acids is 2. The molecule has 0 spiro atoms. The molecular weight excluding hydrogens is 590 g/mol. The van der Waals surface area contributed by atoms with Crippen molar-refractivity contribution in [1.29, 1.82) is 5.26 Å². The number of nitriles is 1. The van der Waals surface area contributed by atoms with Crippen LogP contribution in [-0.2, 0) is 6.42 Å². The number of aromatic nitrogens is 1. The van der Waals surface area contributed by atoms with E-state index < -0.39 is 11.6 Å². The van der Waals surface area contributed by atoms with Gasteiger partial charge < -0.3 is 15.7 Å². The fourth-order valence-electron chi connectivity index (χ4n) is 5.15. The number of phenolic OH excluding ortho intramolecular Hbond substituents is 1. The number of benzene rings is 3. The third-order valence-electron chi connectivity index (χ3n) is 7.46. The summed E-state index contributed by atoms with van der Waals surface area (Å²) >= 11 is 6.54. The van der Waals surface area contributed by atoms with Crippen LogP contribution in [0, 0.1) is 24.8 Å². The zero-order valence-electron chi connectivity index (χ0n) is 24.6. The van der Waals surface area contributed by atoms with Crippen molar-refractivity contribution in [3.05, 3.63) is 110 Å². The number of ketones is 2. The zero-order valence-corrected chi connectivity index (χ0v) is 25.4. The molecule has 4 aromatic rings. The Labute approximate surface area is 265 Å². The third kappa shape index (κ3) is 5.97. The Morgan fingerprint density at radius 3 is 2.42 bits per heavy atom. The fraction of sp³-hybridized carbons (Fsp3) is 0.206. The van der Waals surface area contributed by atoms with Gasteiger partial charge in [0.05, 0.1) is 39.9 Å². The van der Waals surface area contributed by atoms with E-state index in [1.165, 1.54) is 24.3 Å². The molecule has 1 aliphatic rings. The van der Waals surface area contributed by atoms with Gasteiger partial charge in [0.15, 0.2) is 11.6 Å².